The number of rotatable bonds is 6. The van der Waals surface area contributed by atoms with Crippen molar-refractivity contribution in [3.63, 3.8) is 0 Å². The minimum absolute atomic E-state index is 0.0917. The largest absolute Gasteiger partial charge is 0.337 e. The summed E-state index contributed by atoms with van der Waals surface area (Å²) in [5.74, 6) is 0.509. The average Bonchev–Trinajstić information content (AvgIpc) is 3.10. The summed E-state index contributed by atoms with van der Waals surface area (Å²) in [6, 6.07) is 9.27. The van der Waals surface area contributed by atoms with Crippen molar-refractivity contribution < 1.29 is 12.9 Å². The molecule has 0 saturated heterocycles. The second kappa shape index (κ2) is 7.65. The number of benzene rings is 1. The highest BCUT2D eigenvalue weighted by atomic mass is 79.9. The van der Waals surface area contributed by atoms with Gasteiger partial charge in [0.1, 0.15) is 6.04 Å². The molecule has 1 N–H and O–H groups in total. The van der Waals surface area contributed by atoms with E-state index >= 15 is 0 Å². The molecule has 7 nitrogen and oxygen atoms in total. The fourth-order valence-electron chi connectivity index (χ4n) is 2.30. The van der Waals surface area contributed by atoms with Gasteiger partial charge < -0.3 is 4.52 Å². The predicted molar refractivity (Wildman–Crippen MR) is 99.6 cm³/mol. The molecule has 2 heterocycles. The third-order valence-electron chi connectivity index (χ3n) is 3.72. The lowest BCUT2D eigenvalue weighted by atomic mass is 10.1. The first kappa shape index (κ1) is 18.7. The number of halogens is 1. The summed E-state index contributed by atoms with van der Waals surface area (Å²) in [6.45, 7) is 3.76. The molecule has 0 aliphatic heterocycles. The minimum atomic E-state index is -3.73. The van der Waals surface area contributed by atoms with Crippen molar-refractivity contribution in [2.24, 2.45) is 5.92 Å². The lowest BCUT2D eigenvalue weighted by molar-refractivity contribution is 0.311. The molecule has 0 spiro atoms. The Morgan fingerprint density at radius 1 is 1.08 bits per heavy atom. The summed E-state index contributed by atoms with van der Waals surface area (Å²) in [5.41, 5.74) is 0.744. The SMILES string of the molecule is CC(C)C(NS(=O)(=O)c1ccc(Br)cc1)c1nc(-c2ccncc2)no1. The molecule has 0 amide bonds. The van der Waals surface area contributed by atoms with E-state index in [0.29, 0.717) is 5.82 Å². The van der Waals surface area contributed by atoms with Crippen LogP contribution in [0.15, 0.2) is 62.7 Å². The standard InChI is InChI=1S/C17H17BrN4O3S/c1-11(2)15(22-26(23,24)14-5-3-13(18)4-6-14)17-20-16(21-25-17)12-7-9-19-10-8-12/h3-11,15,22H,1-2H3. The van der Waals surface area contributed by atoms with E-state index in [1.54, 1.807) is 36.7 Å². The first-order chi connectivity index (χ1) is 12.4. The van der Waals surface area contributed by atoms with Gasteiger partial charge in [-0.05, 0) is 42.3 Å². The molecule has 0 bridgehead atoms. The highest BCUT2D eigenvalue weighted by molar-refractivity contribution is 9.10. The molecule has 0 aliphatic carbocycles. The highest BCUT2D eigenvalue weighted by Crippen LogP contribution is 2.25. The molecule has 2 aromatic heterocycles. The van der Waals surface area contributed by atoms with Crippen molar-refractivity contribution >= 4 is 26.0 Å². The average molecular weight is 437 g/mol. The van der Waals surface area contributed by atoms with Crippen molar-refractivity contribution in [1.29, 1.82) is 0 Å². The number of hydrogen-bond acceptors (Lipinski definition) is 6. The van der Waals surface area contributed by atoms with Gasteiger partial charge in [0.2, 0.25) is 21.7 Å². The highest BCUT2D eigenvalue weighted by Gasteiger charge is 2.28. The Kier molecular flexibility index (Phi) is 5.49. The Labute approximate surface area is 160 Å². The van der Waals surface area contributed by atoms with Gasteiger partial charge in [-0.1, -0.05) is 34.9 Å². The molecule has 136 valence electrons. The number of nitrogens with zero attached hydrogens (tertiary/aromatic N) is 3. The van der Waals surface area contributed by atoms with E-state index in [0.717, 1.165) is 10.0 Å². The molecule has 0 saturated carbocycles. The number of aromatic nitrogens is 3. The molecule has 9 heteroatoms. The quantitative estimate of drug-likeness (QED) is 0.633. The lowest BCUT2D eigenvalue weighted by Crippen LogP contribution is -2.32. The van der Waals surface area contributed by atoms with Crippen molar-refractivity contribution in [2.45, 2.75) is 24.8 Å². The van der Waals surface area contributed by atoms with E-state index < -0.39 is 16.1 Å². The van der Waals surface area contributed by atoms with E-state index in [9.17, 15) is 8.42 Å². The van der Waals surface area contributed by atoms with Crippen LogP contribution >= 0.6 is 15.9 Å². The van der Waals surface area contributed by atoms with E-state index in [4.69, 9.17) is 4.52 Å². The Bertz CT molecular complexity index is 973. The number of nitrogens with one attached hydrogen (secondary N) is 1. The molecule has 3 rings (SSSR count). The molecule has 0 aliphatic rings. The molecular weight excluding hydrogens is 420 g/mol. The Hall–Kier alpha value is -2.10. The second-order valence-corrected chi connectivity index (χ2v) is 8.62. The third kappa shape index (κ3) is 4.17. The van der Waals surface area contributed by atoms with Gasteiger partial charge in [0.15, 0.2) is 0 Å². The van der Waals surface area contributed by atoms with Crippen LogP contribution in [0.4, 0.5) is 0 Å². The summed E-state index contributed by atoms with van der Waals surface area (Å²) < 4.78 is 34.2. The number of hydrogen-bond donors (Lipinski definition) is 1. The summed E-state index contributed by atoms with van der Waals surface area (Å²) in [4.78, 5) is 8.47. The van der Waals surface area contributed by atoms with Gasteiger partial charge in [0, 0.05) is 22.4 Å². The minimum Gasteiger partial charge on any atom is -0.337 e. The maximum Gasteiger partial charge on any atom is 0.245 e. The summed E-state index contributed by atoms with van der Waals surface area (Å²) >= 11 is 3.29. The normalized spacial score (nSPS) is 13.1. The van der Waals surface area contributed by atoms with Crippen LogP contribution in [0.3, 0.4) is 0 Å². The Morgan fingerprint density at radius 3 is 2.35 bits per heavy atom. The van der Waals surface area contributed by atoms with Crippen LogP contribution in [0.1, 0.15) is 25.8 Å². The molecule has 3 aromatic rings. The zero-order valence-corrected chi connectivity index (χ0v) is 16.5. The maximum absolute atomic E-state index is 12.7. The molecule has 0 fully saturated rings. The smallest absolute Gasteiger partial charge is 0.245 e. The lowest BCUT2D eigenvalue weighted by Gasteiger charge is -2.18. The zero-order valence-electron chi connectivity index (χ0n) is 14.1. The van der Waals surface area contributed by atoms with E-state index in [1.165, 1.54) is 12.1 Å². The zero-order chi connectivity index (χ0) is 18.7. The van der Waals surface area contributed by atoms with E-state index in [-0.39, 0.29) is 16.7 Å². The summed E-state index contributed by atoms with van der Waals surface area (Å²) in [7, 11) is -3.73. The maximum atomic E-state index is 12.7. The summed E-state index contributed by atoms with van der Waals surface area (Å²) in [5, 5.41) is 3.95. The second-order valence-electron chi connectivity index (χ2n) is 5.99. The van der Waals surface area contributed by atoms with Crippen LogP contribution < -0.4 is 4.72 Å². The van der Waals surface area contributed by atoms with Gasteiger partial charge in [0.25, 0.3) is 0 Å². The number of sulfonamides is 1. The summed E-state index contributed by atoms with van der Waals surface area (Å²) in [6.07, 6.45) is 3.25. The molecular formula is C17H17BrN4O3S. The Morgan fingerprint density at radius 2 is 1.73 bits per heavy atom. The molecule has 26 heavy (non-hydrogen) atoms. The fraction of sp³-hybridized carbons (Fsp3) is 0.235. The van der Waals surface area contributed by atoms with Gasteiger partial charge in [-0.3, -0.25) is 4.98 Å². The van der Waals surface area contributed by atoms with Gasteiger partial charge >= 0.3 is 0 Å². The van der Waals surface area contributed by atoms with Crippen LogP contribution in [0.25, 0.3) is 11.4 Å². The monoisotopic (exact) mass is 436 g/mol. The Balaban J connectivity index is 1.88. The van der Waals surface area contributed by atoms with E-state index in [1.807, 2.05) is 13.8 Å². The van der Waals surface area contributed by atoms with Crippen LogP contribution in [0, 0.1) is 5.92 Å². The molecule has 0 radical (unpaired) electrons. The fourth-order valence-corrected chi connectivity index (χ4v) is 3.90. The predicted octanol–water partition coefficient (Wildman–Crippen LogP) is 3.57. The van der Waals surface area contributed by atoms with E-state index in [2.05, 4.69) is 35.8 Å². The van der Waals surface area contributed by atoms with Crippen LogP contribution in [0.5, 0.6) is 0 Å². The topological polar surface area (TPSA) is 98.0 Å². The van der Waals surface area contributed by atoms with Crippen molar-refractivity contribution in [3.05, 3.63) is 59.2 Å². The van der Waals surface area contributed by atoms with Gasteiger partial charge in [-0.15, -0.1) is 0 Å². The third-order valence-corrected chi connectivity index (χ3v) is 5.70. The van der Waals surface area contributed by atoms with Crippen molar-refractivity contribution in [1.82, 2.24) is 19.8 Å². The number of pyridine rings is 1. The van der Waals surface area contributed by atoms with Crippen LogP contribution in [-0.2, 0) is 10.0 Å². The van der Waals surface area contributed by atoms with Crippen molar-refractivity contribution in [3.8, 4) is 11.4 Å². The van der Waals surface area contributed by atoms with Crippen LogP contribution in [0.2, 0.25) is 0 Å². The molecule has 1 unspecified atom stereocenters. The van der Waals surface area contributed by atoms with Gasteiger partial charge in [0.05, 0.1) is 4.90 Å². The van der Waals surface area contributed by atoms with Gasteiger partial charge in [-0.25, -0.2) is 8.42 Å². The van der Waals surface area contributed by atoms with Gasteiger partial charge in [-0.2, -0.15) is 9.71 Å². The van der Waals surface area contributed by atoms with Crippen molar-refractivity contribution in [2.75, 3.05) is 0 Å². The first-order valence-electron chi connectivity index (χ1n) is 7.89. The molecule has 1 atom stereocenters. The molecule has 1 aromatic carbocycles. The first-order valence-corrected chi connectivity index (χ1v) is 10.2. The van der Waals surface area contributed by atoms with Crippen LogP contribution in [-0.4, -0.2) is 23.5 Å².